The average molecular weight is 366 g/mol. The first-order valence-electron chi connectivity index (χ1n) is 6.69. The minimum atomic E-state index is -4.95. The lowest BCUT2D eigenvalue weighted by Crippen LogP contribution is -2.46. The van der Waals surface area contributed by atoms with Gasteiger partial charge in [0.05, 0.1) is 6.61 Å². The van der Waals surface area contributed by atoms with Crippen molar-refractivity contribution in [3.05, 3.63) is 6.33 Å². The Kier molecular flexibility index (Phi) is 4.36. The number of rotatable bonds is 4. The second-order valence-corrected chi connectivity index (χ2v) is 6.30. The zero-order valence-corrected chi connectivity index (χ0v) is 12.8. The number of hydrogen-bond acceptors (Lipinski definition) is 11. The SMILES string of the molecule is O=P(O)(O)ON1CN([C@@H]2O[C@H](CO)[C@@H](O)[C@H]2O)c2ncnc(O)c21. The molecule has 2 aliphatic heterocycles. The molecule has 0 unspecified atom stereocenters. The van der Waals surface area contributed by atoms with Crippen molar-refractivity contribution in [2.24, 2.45) is 0 Å². The molecular weight excluding hydrogens is 351 g/mol. The molecule has 1 aromatic heterocycles. The summed E-state index contributed by atoms with van der Waals surface area (Å²) in [7, 11) is -4.95. The van der Waals surface area contributed by atoms with Crippen molar-refractivity contribution in [2.75, 3.05) is 23.2 Å². The van der Waals surface area contributed by atoms with E-state index in [0.717, 1.165) is 6.33 Å². The van der Waals surface area contributed by atoms with Crippen LogP contribution in [0.5, 0.6) is 5.88 Å². The lowest BCUT2D eigenvalue weighted by molar-refractivity contribution is -0.0229. The third-order valence-corrected chi connectivity index (χ3v) is 4.03. The summed E-state index contributed by atoms with van der Waals surface area (Å²) in [5.41, 5.74) is -0.237. The monoisotopic (exact) mass is 366 g/mol. The summed E-state index contributed by atoms with van der Waals surface area (Å²) in [5, 5.41) is 39.5. The maximum atomic E-state index is 11.1. The standard InChI is InChI=1S/C10H15N4O9P/c15-1-4-6(16)7(17)10(22-4)13-3-14(23-24(19,20)21)5-8(13)11-2-12-9(5)18/h2,4,6-7,10,15-17H,1,3H2,(H,11,12,18)(H2,19,20,21)/t4-,6-,7-,10-/m1/s1. The minimum Gasteiger partial charge on any atom is -0.492 e. The molecule has 0 aromatic carbocycles. The smallest absolute Gasteiger partial charge is 0.491 e. The summed E-state index contributed by atoms with van der Waals surface area (Å²) >= 11 is 0. The number of aliphatic hydroxyl groups is 3. The summed E-state index contributed by atoms with van der Waals surface area (Å²) in [5.74, 6) is -0.645. The molecule has 3 rings (SSSR count). The second-order valence-electron chi connectivity index (χ2n) is 5.16. The highest BCUT2D eigenvalue weighted by atomic mass is 31.2. The summed E-state index contributed by atoms with van der Waals surface area (Å²) in [6.45, 7) is -0.938. The summed E-state index contributed by atoms with van der Waals surface area (Å²) in [4.78, 5) is 26.5. The van der Waals surface area contributed by atoms with Crippen LogP contribution in [0.25, 0.3) is 0 Å². The molecule has 24 heavy (non-hydrogen) atoms. The normalized spacial score (nSPS) is 30.0. The Labute approximate surface area is 134 Å². The van der Waals surface area contributed by atoms with Gasteiger partial charge in [-0.1, -0.05) is 0 Å². The fourth-order valence-electron chi connectivity index (χ4n) is 2.60. The Morgan fingerprint density at radius 3 is 2.62 bits per heavy atom. The fraction of sp³-hybridized carbons (Fsp3) is 0.600. The van der Waals surface area contributed by atoms with Crippen LogP contribution in [0.15, 0.2) is 6.33 Å². The van der Waals surface area contributed by atoms with E-state index in [9.17, 15) is 19.9 Å². The molecule has 2 aliphatic rings. The van der Waals surface area contributed by atoms with E-state index in [2.05, 4.69) is 14.6 Å². The van der Waals surface area contributed by atoms with Crippen LogP contribution in [-0.2, 0) is 13.9 Å². The van der Waals surface area contributed by atoms with Gasteiger partial charge in [0.2, 0.25) is 5.88 Å². The number of fused-ring (bicyclic) bond motifs is 1. The quantitative estimate of drug-likeness (QED) is 0.301. The molecule has 0 bridgehead atoms. The van der Waals surface area contributed by atoms with Crippen molar-refractivity contribution < 1.29 is 44.1 Å². The van der Waals surface area contributed by atoms with Crippen LogP contribution in [0.1, 0.15) is 0 Å². The molecule has 14 heteroatoms. The highest BCUT2D eigenvalue weighted by Gasteiger charge is 2.49. The Bertz CT molecular complexity index is 672. The number of aromatic nitrogens is 2. The van der Waals surface area contributed by atoms with E-state index < -0.39 is 44.8 Å². The summed E-state index contributed by atoms with van der Waals surface area (Å²) < 4.78 is 20.9. The van der Waals surface area contributed by atoms with E-state index in [1.54, 1.807) is 0 Å². The minimum absolute atomic E-state index is 0.0363. The van der Waals surface area contributed by atoms with Gasteiger partial charge in [-0.2, -0.15) is 9.61 Å². The van der Waals surface area contributed by atoms with E-state index in [-0.39, 0.29) is 18.2 Å². The first-order valence-corrected chi connectivity index (χ1v) is 8.22. The number of anilines is 2. The van der Waals surface area contributed by atoms with Crippen molar-refractivity contribution in [3.63, 3.8) is 0 Å². The molecule has 4 atom stereocenters. The van der Waals surface area contributed by atoms with Gasteiger partial charge < -0.3 is 39.8 Å². The fourth-order valence-corrected chi connectivity index (χ4v) is 2.99. The molecular formula is C10H15N4O9P. The predicted molar refractivity (Wildman–Crippen MR) is 74.4 cm³/mol. The zero-order valence-electron chi connectivity index (χ0n) is 11.9. The Morgan fingerprint density at radius 2 is 2.04 bits per heavy atom. The molecule has 6 N–H and O–H groups in total. The van der Waals surface area contributed by atoms with E-state index in [4.69, 9.17) is 19.6 Å². The van der Waals surface area contributed by atoms with Crippen LogP contribution in [0, 0.1) is 0 Å². The molecule has 1 fully saturated rings. The number of aromatic hydroxyl groups is 1. The van der Waals surface area contributed by atoms with Gasteiger partial charge in [-0.05, 0) is 0 Å². The molecule has 1 aromatic rings. The topological polar surface area (TPSA) is 189 Å². The Hall–Kier alpha value is -1.57. The van der Waals surface area contributed by atoms with Crippen LogP contribution in [0.3, 0.4) is 0 Å². The first-order chi connectivity index (χ1) is 11.2. The van der Waals surface area contributed by atoms with E-state index in [0.29, 0.717) is 5.06 Å². The molecule has 1 saturated heterocycles. The van der Waals surface area contributed by atoms with Gasteiger partial charge in [0.15, 0.2) is 17.7 Å². The summed E-state index contributed by atoms with van der Waals surface area (Å²) in [6, 6.07) is 0. The lowest BCUT2D eigenvalue weighted by atomic mass is 10.1. The molecule has 3 heterocycles. The molecule has 0 radical (unpaired) electrons. The zero-order chi connectivity index (χ0) is 17.6. The maximum Gasteiger partial charge on any atom is 0.491 e. The van der Waals surface area contributed by atoms with Crippen LogP contribution < -0.4 is 9.96 Å². The average Bonchev–Trinajstić information content (AvgIpc) is 2.98. The maximum absolute atomic E-state index is 11.1. The molecule has 0 amide bonds. The number of phosphoric acid groups is 1. The third-order valence-electron chi connectivity index (χ3n) is 3.62. The van der Waals surface area contributed by atoms with Crippen LogP contribution >= 0.6 is 7.82 Å². The highest BCUT2D eigenvalue weighted by Crippen LogP contribution is 2.47. The number of hydrogen-bond donors (Lipinski definition) is 6. The van der Waals surface area contributed by atoms with Crippen LogP contribution in [0.2, 0.25) is 0 Å². The largest absolute Gasteiger partial charge is 0.492 e. The number of hydroxylamine groups is 1. The van der Waals surface area contributed by atoms with Crippen LogP contribution in [0.4, 0.5) is 11.5 Å². The molecule has 0 aliphatic carbocycles. The molecule has 134 valence electrons. The lowest BCUT2D eigenvalue weighted by Gasteiger charge is -2.27. The van der Waals surface area contributed by atoms with Gasteiger partial charge in [0.1, 0.15) is 31.3 Å². The van der Waals surface area contributed by atoms with Crippen molar-refractivity contribution in [1.29, 1.82) is 0 Å². The number of nitrogens with zero attached hydrogens (tertiary/aromatic N) is 4. The van der Waals surface area contributed by atoms with Gasteiger partial charge in [-0.15, -0.1) is 0 Å². The molecule has 13 nitrogen and oxygen atoms in total. The predicted octanol–water partition coefficient (Wildman–Crippen LogP) is -2.77. The first kappa shape index (κ1) is 17.3. The van der Waals surface area contributed by atoms with Gasteiger partial charge in [-0.3, -0.25) is 0 Å². The van der Waals surface area contributed by atoms with E-state index in [1.165, 1.54) is 4.90 Å². The Balaban J connectivity index is 1.94. The van der Waals surface area contributed by atoms with Gasteiger partial charge in [0, 0.05) is 0 Å². The van der Waals surface area contributed by atoms with Crippen LogP contribution in [-0.4, -0.2) is 78.0 Å². The van der Waals surface area contributed by atoms with E-state index >= 15 is 0 Å². The van der Waals surface area contributed by atoms with Crippen molar-refractivity contribution in [3.8, 4) is 5.88 Å². The number of aliphatic hydroxyl groups excluding tert-OH is 3. The van der Waals surface area contributed by atoms with Crippen molar-refractivity contribution >= 4 is 19.3 Å². The van der Waals surface area contributed by atoms with E-state index in [1.807, 2.05) is 0 Å². The highest BCUT2D eigenvalue weighted by molar-refractivity contribution is 7.46. The third kappa shape index (κ3) is 2.92. The number of ether oxygens (including phenoxy) is 1. The van der Waals surface area contributed by atoms with Gasteiger partial charge in [0.25, 0.3) is 0 Å². The molecule has 0 spiro atoms. The molecule has 0 saturated carbocycles. The summed E-state index contributed by atoms with van der Waals surface area (Å²) in [6.07, 6.45) is -4.09. The van der Waals surface area contributed by atoms with Gasteiger partial charge in [-0.25, -0.2) is 14.6 Å². The van der Waals surface area contributed by atoms with Crippen molar-refractivity contribution in [1.82, 2.24) is 9.97 Å². The van der Waals surface area contributed by atoms with Crippen molar-refractivity contribution in [2.45, 2.75) is 24.5 Å². The van der Waals surface area contributed by atoms with Gasteiger partial charge >= 0.3 is 7.82 Å². The second kappa shape index (κ2) is 6.06. The Morgan fingerprint density at radius 1 is 1.33 bits per heavy atom.